The van der Waals surface area contributed by atoms with Crippen LogP contribution in [-0.4, -0.2) is 0 Å². The molecule has 0 aliphatic rings. The molecule has 0 aromatic heterocycles. The maximum atomic E-state index is 2.39. The Hall–Kier alpha value is -16.8. The molecule has 0 saturated carbocycles. The third-order valence-corrected chi connectivity index (χ3v) is 26.8. The minimum absolute atomic E-state index is 0.522. The SMILES string of the molecule is CCC(C)c1ccc(N(c2ccc(N(c3ccc(-c4ccccc4)cc3)c3ccc(-c4ccccc4)cc3)cc2)c2cccc3ccccc23)cc1.CCC(C)c1ccc(N(c2ccc(N(c3ccccc3)c3ccc(-c4ccccc4)cc3)cc2)c2cccc3ccccc23)cc1.CCC(C)c1ccc(N(c2cccc(N(c3ccccc3)c3ccccc3)c2)c2cccc3ccccc23)cc1. The Bertz CT molecular complexity index is 7360. The first-order chi connectivity index (χ1) is 68.1. The van der Waals surface area contributed by atoms with Gasteiger partial charge < -0.3 is 29.4 Å². The van der Waals surface area contributed by atoms with E-state index in [1.54, 1.807) is 0 Å². The summed E-state index contributed by atoms with van der Waals surface area (Å²) in [6.07, 6.45) is 3.37. The molecule has 3 unspecified atom stereocenters. The summed E-state index contributed by atoms with van der Waals surface area (Å²) in [4.78, 5) is 14.1. The number of para-hydroxylation sites is 3. The molecule has 3 atom stereocenters. The highest BCUT2D eigenvalue weighted by atomic mass is 15.2. The van der Waals surface area contributed by atoms with Crippen molar-refractivity contribution in [3.63, 3.8) is 0 Å². The lowest BCUT2D eigenvalue weighted by Crippen LogP contribution is -2.13. The highest BCUT2D eigenvalue weighted by molar-refractivity contribution is 6.03. The van der Waals surface area contributed by atoms with Crippen molar-refractivity contribution in [2.45, 2.75) is 78.6 Å². The van der Waals surface area contributed by atoms with Gasteiger partial charge in [-0.25, -0.2) is 0 Å². The van der Waals surface area contributed by atoms with E-state index in [-0.39, 0.29) is 0 Å². The summed E-state index contributed by atoms with van der Waals surface area (Å²) >= 11 is 0. The van der Waals surface area contributed by atoms with Gasteiger partial charge in [0.05, 0.1) is 17.1 Å². The predicted octanol–water partition coefficient (Wildman–Crippen LogP) is 38.9. The number of anilines is 18. The van der Waals surface area contributed by atoms with Gasteiger partial charge in [0.15, 0.2) is 0 Å². The quantitative estimate of drug-likeness (QED) is 0.0507. The summed E-state index contributed by atoms with van der Waals surface area (Å²) < 4.78 is 0. The Labute approximate surface area is 814 Å². The number of benzene rings is 21. The van der Waals surface area contributed by atoms with Crippen LogP contribution in [0.2, 0.25) is 0 Å². The lowest BCUT2D eigenvalue weighted by atomic mass is 9.98. The molecular weight excluding hydrogens is 1670 g/mol. The first-order valence-electron chi connectivity index (χ1n) is 48.5. The third-order valence-electron chi connectivity index (χ3n) is 26.8. The molecule has 6 heteroatoms. The van der Waals surface area contributed by atoms with Crippen molar-refractivity contribution in [1.82, 2.24) is 0 Å². The van der Waals surface area contributed by atoms with E-state index in [1.807, 2.05) is 0 Å². The van der Waals surface area contributed by atoms with Gasteiger partial charge in [0.1, 0.15) is 0 Å². The smallest absolute Gasteiger partial charge is 0.0540 e. The Morgan fingerprint density at radius 3 is 0.572 bits per heavy atom. The Morgan fingerprint density at radius 1 is 0.145 bits per heavy atom. The van der Waals surface area contributed by atoms with Crippen LogP contribution in [0.15, 0.2) is 528 Å². The van der Waals surface area contributed by atoms with Crippen LogP contribution in [0.25, 0.3) is 65.7 Å². The van der Waals surface area contributed by atoms with Crippen LogP contribution >= 0.6 is 0 Å². The van der Waals surface area contributed by atoms with Gasteiger partial charge >= 0.3 is 0 Å². The van der Waals surface area contributed by atoms with Gasteiger partial charge in [-0.1, -0.05) is 375 Å². The van der Waals surface area contributed by atoms with Crippen molar-refractivity contribution in [3.8, 4) is 33.4 Å². The minimum atomic E-state index is 0.522. The first kappa shape index (κ1) is 90.4. The van der Waals surface area contributed by atoms with Crippen LogP contribution < -0.4 is 29.4 Å². The molecule has 0 spiro atoms. The molecule has 0 bridgehead atoms. The number of hydrogen-bond donors (Lipinski definition) is 0. The molecule has 138 heavy (non-hydrogen) atoms. The molecular formula is C132H114N6. The molecule has 0 aliphatic carbocycles. The van der Waals surface area contributed by atoms with E-state index in [1.165, 1.54) is 88.1 Å². The van der Waals surface area contributed by atoms with E-state index >= 15 is 0 Å². The zero-order valence-corrected chi connectivity index (χ0v) is 79.3. The van der Waals surface area contributed by atoms with Gasteiger partial charge in [-0.3, -0.25) is 0 Å². The Morgan fingerprint density at radius 2 is 0.312 bits per heavy atom. The van der Waals surface area contributed by atoms with Crippen LogP contribution in [0.3, 0.4) is 0 Å². The fourth-order valence-corrected chi connectivity index (χ4v) is 18.7. The van der Waals surface area contributed by atoms with E-state index in [9.17, 15) is 0 Å². The normalized spacial score (nSPS) is 11.7. The molecule has 21 aromatic carbocycles. The molecule has 6 nitrogen and oxygen atoms in total. The lowest BCUT2D eigenvalue weighted by molar-refractivity contribution is 0.733. The van der Waals surface area contributed by atoms with Crippen molar-refractivity contribution < 1.29 is 0 Å². The van der Waals surface area contributed by atoms with Gasteiger partial charge in [0.2, 0.25) is 0 Å². The van der Waals surface area contributed by atoms with Gasteiger partial charge in [-0.15, -0.1) is 0 Å². The van der Waals surface area contributed by atoms with Crippen molar-refractivity contribution in [3.05, 3.63) is 544 Å². The second kappa shape index (κ2) is 43.0. The fourth-order valence-electron chi connectivity index (χ4n) is 18.7. The molecule has 0 fully saturated rings. The first-order valence-corrected chi connectivity index (χ1v) is 48.5. The minimum Gasteiger partial charge on any atom is -0.311 e. The van der Waals surface area contributed by atoms with Crippen LogP contribution in [0.4, 0.5) is 102 Å². The summed E-state index contributed by atoms with van der Waals surface area (Å²) in [5.41, 5.74) is 31.6. The fraction of sp³-hybridized carbons (Fsp3) is 0.0909. The largest absolute Gasteiger partial charge is 0.311 e. The zero-order valence-electron chi connectivity index (χ0n) is 79.3. The van der Waals surface area contributed by atoms with Crippen molar-refractivity contribution in [1.29, 1.82) is 0 Å². The summed E-state index contributed by atoms with van der Waals surface area (Å²) in [7, 11) is 0. The molecule has 0 radical (unpaired) electrons. The van der Waals surface area contributed by atoms with E-state index in [0.29, 0.717) is 17.8 Å². The molecule has 0 aliphatic heterocycles. The van der Waals surface area contributed by atoms with Gasteiger partial charge in [0.25, 0.3) is 0 Å². The average molecular weight is 1780 g/mol. The van der Waals surface area contributed by atoms with Crippen molar-refractivity contribution >= 4 is 135 Å². The summed E-state index contributed by atoms with van der Waals surface area (Å²) in [6.45, 7) is 13.6. The molecule has 0 amide bonds. The molecule has 0 N–H and O–H groups in total. The van der Waals surface area contributed by atoms with E-state index in [0.717, 1.165) is 116 Å². The van der Waals surface area contributed by atoms with Crippen LogP contribution in [0, 0.1) is 0 Å². The monoisotopic (exact) mass is 1780 g/mol. The van der Waals surface area contributed by atoms with E-state index < -0.39 is 0 Å². The summed E-state index contributed by atoms with van der Waals surface area (Å²) in [6, 6.07) is 190. The molecule has 0 saturated heterocycles. The second-order valence-electron chi connectivity index (χ2n) is 35.5. The highest BCUT2D eigenvalue weighted by Crippen LogP contribution is 2.48. The number of nitrogens with zero attached hydrogens (tertiary/aromatic N) is 6. The van der Waals surface area contributed by atoms with Gasteiger partial charge in [-0.05, 0) is 297 Å². The number of rotatable bonds is 27. The summed E-state index contributed by atoms with van der Waals surface area (Å²) in [5, 5.41) is 7.36. The topological polar surface area (TPSA) is 19.4 Å². The predicted molar refractivity (Wildman–Crippen MR) is 592 cm³/mol. The molecule has 21 rings (SSSR count). The number of fused-ring (bicyclic) bond motifs is 3. The Kier molecular flexibility index (Phi) is 28.2. The third kappa shape index (κ3) is 20.3. The van der Waals surface area contributed by atoms with E-state index in [2.05, 4.69) is 599 Å². The van der Waals surface area contributed by atoms with Crippen LogP contribution in [0.1, 0.15) is 95.2 Å². The molecule has 672 valence electrons. The number of hydrogen-bond acceptors (Lipinski definition) is 6. The lowest BCUT2D eigenvalue weighted by Gasteiger charge is -2.30. The maximum absolute atomic E-state index is 2.39. The van der Waals surface area contributed by atoms with Gasteiger partial charge in [-0.2, -0.15) is 0 Å². The maximum Gasteiger partial charge on any atom is 0.0540 e. The van der Waals surface area contributed by atoms with Crippen LogP contribution in [-0.2, 0) is 0 Å². The Balaban J connectivity index is 0.000000133. The van der Waals surface area contributed by atoms with Crippen molar-refractivity contribution in [2.24, 2.45) is 0 Å². The van der Waals surface area contributed by atoms with Gasteiger partial charge in [0, 0.05) is 101 Å². The average Bonchev–Trinajstić information content (AvgIpc) is 0.774. The highest BCUT2D eigenvalue weighted by Gasteiger charge is 2.25. The van der Waals surface area contributed by atoms with E-state index in [4.69, 9.17) is 0 Å². The molecule has 21 aromatic rings. The van der Waals surface area contributed by atoms with Crippen molar-refractivity contribution in [2.75, 3.05) is 29.4 Å². The van der Waals surface area contributed by atoms with Crippen LogP contribution in [0.5, 0.6) is 0 Å². The summed E-state index contributed by atoms with van der Waals surface area (Å²) in [5.74, 6) is 1.59. The molecule has 0 heterocycles. The standard InChI is InChI=1S/C50H42N2.C44H38N2.C38H34N2/c1-3-37(2)38-21-27-47(28-22-38)52(50-20-12-18-43-17-10-11-19-49(43)50)48-35-33-46(34-36-48)51(44-29-23-41(24-30-44)39-13-6-4-7-14-39)45-31-25-42(26-32-45)40-15-8-5-9-16-40;1-3-33(2)34-21-25-41(26-22-34)46(44-20-12-16-37-15-10-11-19-43(37)44)42-31-29-40(30-32-42)45(38-17-8-5-9-18-38)39-27-23-36(24-28-39)35-13-6-4-7-14-35;1-3-29(2)30-24-26-34(27-25-30)40(38-23-12-15-31-14-10-11-22-37(31)38)36-21-13-20-35(28-36)39(32-16-6-4-7-17-32)33-18-8-5-9-19-33/h4-37H,3H2,1-2H3;4-33H,3H2,1-2H3;4-29H,3H2,1-2H3. The second-order valence-corrected chi connectivity index (χ2v) is 35.5. The zero-order chi connectivity index (χ0) is 93.9.